The van der Waals surface area contributed by atoms with Crippen LogP contribution in [0.15, 0.2) is 127 Å². The molecule has 1 atom stereocenters. The van der Waals surface area contributed by atoms with E-state index in [2.05, 4.69) is 42.5 Å². The molecule has 0 bridgehead atoms. The molecule has 0 saturated heterocycles. The molecule has 0 fully saturated rings. The largest absolute Gasteiger partial charge is 0.456 e. The average molecular weight is 509 g/mol. The van der Waals surface area contributed by atoms with Crippen LogP contribution in [0, 0.1) is 0 Å². The number of ether oxygens (including phenoxy) is 2. The Balaban J connectivity index is 1.43. The van der Waals surface area contributed by atoms with Gasteiger partial charge < -0.3 is 14.0 Å². The van der Waals surface area contributed by atoms with E-state index in [1.54, 1.807) is 0 Å². The molecule has 2 aliphatic heterocycles. The van der Waals surface area contributed by atoms with Crippen LogP contribution in [0.1, 0.15) is 0 Å². The topological polar surface area (TPSA) is 35.5 Å². The summed E-state index contributed by atoms with van der Waals surface area (Å²) in [6.07, 6.45) is 0. The van der Waals surface area contributed by atoms with Gasteiger partial charge in [0.1, 0.15) is 28.3 Å². The van der Waals surface area contributed by atoms with Crippen molar-refractivity contribution in [2.45, 2.75) is 0 Å². The minimum absolute atomic E-state index is 0.587. The van der Waals surface area contributed by atoms with Crippen molar-refractivity contribution in [2.24, 2.45) is 0 Å². The summed E-state index contributed by atoms with van der Waals surface area (Å²) in [7, 11) is -3.33. The summed E-state index contributed by atoms with van der Waals surface area (Å²) in [5.41, 5.74) is 4.14. The predicted octanol–water partition coefficient (Wildman–Crippen LogP) is 8.02. The van der Waals surface area contributed by atoms with E-state index in [9.17, 15) is 0 Å². The van der Waals surface area contributed by atoms with Gasteiger partial charge in [-0.1, -0.05) is 91.0 Å². The number of benzene rings is 6. The Kier molecular flexibility index (Phi) is 4.50. The van der Waals surface area contributed by atoms with Gasteiger partial charge in [-0.2, -0.15) is 0 Å². The van der Waals surface area contributed by atoms with Gasteiger partial charge in [-0.15, -0.1) is 0 Å². The van der Waals surface area contributed by atoms with Crippen LogP contribution >= 0.6 is 7.14 Å². The monoisotopic (exact) mass is 508 g/mol. The Hall–Kier alpha value is -4.59. The smallest absolute Gasteiger partial charge is 0.186 e. The number of rotatable bonds is 2. The molecule has 1 unspecified atom stereocenters. The van der Waals surface area contributed by atoms with Crippen LogP contribution in [0.4, 0.5) is 0 Å². The SMILES string of the molecule is O=P12c3ccccc3Oc3ccc(-c4cccc(-c5ccccc5)c4)c(c31)Oc1ccc3ccccc3c12. The molecule has 0 aromatic heterocycles. The maximum absolute atomic E-state index is 15.7. The first-order valence-electron chi connectivity index (χ1n) is 12.6. The van der Waals surface area contributed by atoms with Gasteiger partial charge in [0.25, 0.3) is 0 Å². The lowest BCUT2D eigenvalue weighted by atomic mass is 9.98. The molecule has 38 heavy (non-hydrogen) atoms. The van der Waals surface area contributed by atoms with Crippen LogP contribution < -0.4 is 25.4 Å². The van der Waals surface area contributed by atoms with Crippen LogP contribution in [0.25, 0.3) is 33.0 Å². The van der Waals surface area contributed by atoms with Crippen molar-refractivity contribution in [1.82, 2.24) is 0 Å². The van der Waals surface area contributed by atoms with Crippen molar-refractivity contribution in [1.29, 1.82) is 0 Å². The molecule has 0 N–H and O–H groups in total. The van der Waals surface area contributed by atoms with E-state index in [1.807, 2.05) is 84.9 Å². The molecule has 4 heteroatoms. The number of para-hydroxylation sites is 1. The Morgan fingerprint density at radius 2 is 1.21 bits per heavy atom. The fraction of sp³-hybridized carbons (Fsp3) is 0. The summed E-state index contributed by atoms with van der Waals surface area (Å²) in [6.45, 7) is 0. The lowest BCUT2D eigenvalue weighted by Gasteiger charge is -2.36. The predicted molar refractivity (Wildman–Crippen MR) is 154 cm³/mol. The maximum atomic E-state index is 15.7. The molecule has 0 aliphatic carbocycles. The third-order valence-corrected chi connectivity index (χ3v) is 10.7. The molecule has 3 nitrogen and oxygen atoms in total. The lowest BCUT2D eigenvalue weighted by molar-refractivity contribution is 0.463. The van der Waals surface area contributed by atoms with E-state index in [-0.39, 0.29) is 0 Å². The molecule has 8 rings (SSSR count). The second kappa shape index (κ2) is 7.95. The zero-order valence-corrected chi connectivity index (χ0v) is 21.2. The molecule has 180 valence electrons. The minimum atomic E-state index is -3.33. The summed E-state index contributed by atoms with van der Waals surface area (Å²) >= 11 is 0. The second-order valence-corrected chi connectivity index (χ2v) is 12.2. The van der Waals surface area contributed by atoms with Crippen LogP contribution in [-0.2, 0) is 4.57 Å². The highest BCUT2D eigenvalue weighted by Crippen LogP contribution is 2.60. The minimum Gasteiger partial charge on any atom is -0.456 e. The number of hydrogen-bond acceptors (Lipinski definition) is 3. The highest BCUT2D eigenvalue weighted by molar-refractivity contribution is 7.86. The molecular formula is C34H21O3P. The van der Waals surface area contributed by atoms with E-state index < -0.39 is 7.14 Å². The first kappa shape index (κ1) is 21.5. The van der Waals surface area contributed by atoms with Gasteiger partial charge in [0.15, 0.2) is 7.14 Å². The van der Waals surface area contributed by atoms with Crippen LogP contribution in [0.5, 0.6) is 23.0 Å². The van der Waals surface area contributed by atoms with Crippen molar-refractivity contribution >= 4 is 33.8 Å². The van der Waals surface area contributed by atoms with Gasteiger partial charge in [-0.25, -0.2) is 0 Å². The number of fused-ring (bicyclic) bond motifs is 6. The van der Waals surface area contributed by atoms with Crippen molar-refractivity contribution < 1.29 is 14.0 Å². The van der Waals surface area contributed by atoms with Gasteiger partial charge in [0.05, 0.1) is 10.6 Å². The summed E-state index contributed by atoms with van der Waals surface area (Å²) in [6, 6.07) is 42.4. The first-order chi connectivity index (χ1) is 18.7. The third kappa shape index (κ3) is 2.94. The van der Waals surface area contributed by atoms with Gasteiger partial charge >= 0.3 is 0 Å². The van der Waals surface area contributed by atoms with Gasteiger partial charge in [-0.05, 0) is 63.9 Å². The summed E-state index contributed by atoms with van der Waals surface area (Å²) in [5.74, 6) is 2.46. The Morgan fingerprint density at radius 3 is 2.13 bits per heavy atom. The molecular weight excluding hydrogens is 487 g/mol. The summed E-state index contributed by atoms with van der Waals surface area (Å²) < 4.78 is 28.7. The van der Waals surface area contributed by atoms with E-state index in [4.69, 9.17) is 9.47 Å². The fourth-order valence-corrected chi connectivity index (χ4v) is 9.08. The standard InChI is InChI=1S/C34H21O3P/c35-38-31-16-7-6-15-28(31)36-30-20-18-26(25-13-8-12-24(21-25)22-9-2-1-3-10-22)32(34(30)38)37-29-19-17-23-11-4-5-14-27(23)33(29)38/h1-21H. The zero-order valence-electron chi connectivity index (χ0n) is 20.3. The Bertz CT molecular complexity index is 1960. The molecule has 0 radical (unpaired) electrons. The van der Waals surface area contributed by atoms with E-state index in [1.165, 1.54) is 0 Å². The quantitative estimate of drug-likeness (QED) is 0.222. The summed E-state index contributed by atoms with van der Waals surface area (Å²) in [4.78, 5) is 0. The van der Waals surface area contributed by atoms with Crippen molar-refractivity contribution in [3.63, 3.8) is 0 Å². The van der Waals surface area contributed by atoms with Crippen LogP contribution in [0.3, 0.4) is 0 Å². The van der Waals surface area contributed by atoms with Crippen molar-refractivity contribution in [3.05, 3.63) is 127 Å². The number of hydrogen-bond donors (Lipinski definition) is 0. The van der Waals surface area contributed by atoms with E-state index >= 15 is 4.57 Å². The molecule has 2 heterocycles. The maximum Gasteiger partial charge on any atom is 0.186 e. The zero-order chi connectivity index (χ0) is 25.3. The summed E-state index contributed by atoms with van der Waals surface area (Å²) in [5, 5.41) is 4.08. The highest BCUT2D eigenvalue weighted by Gasteiger charge is 2.48. The fourth-order valence-electron chi connectivity index (χ4n) is 5.79. The average Bonchev–Trinajstić information content (AvgIpc) is 2.97. The molecule has 0 spiro atoms. The van der Waals surface area contributed by atoms with Crippen molar-refractivity contribution in [2.75, 3.05) is 0 Å². The highest BCUT2D eigenvalue weighted by atomic mass is 31.2. The molecule has 2 aliphatic rings. The molecule has 0 saturated carbocycles. The molecule has 0 amide bonds. The van der Waals surface area contributed by atoms with E-state index in [0.717, 1.165) is 38.3 Å². The van der Waals surface area contributed by atoms with Crippen molar-refractivity contribution in [3.8, 4) is 45.3 Å². The lowest BCUT2D eigenvalue weighted by Crippen LogP contribution is -2.35. The van der Waals surface area contributed by atoms with Crippen LogP contribution in [-0.4, -0.2) is 0 Å². The Morgan fingerprint density at radius 1 is 0.500 bits per heavy atom. The van der Waals surface area contributed by atoms with Gasteiger partial charge in [0.2, 0.25) is 0 Å². The first-order valence-corrected chi connectivity index (χ1v) is 14.3. The Labute approximate surface area is 220 Å². The van der Waals surface area contributed by atoms with Gasteiger partial charge in [-0.3, -0.25) is 0 Å². The third-order valence-electron chi connectivity index (χ3n) is 7.50. The normalized spacial score (nSPS) is 16.5. The molecule has 6 aromatic rings. The van der Waals surface area contributed by atoms with Crippen LogP contribution in [0.2, 0.25) is 0 Å². The molecule has 6 aromatic carbocycles. The second-order valence-electron chi connectivity index (χ2n) is 9.65. The van der Waals surface area contributed by atoms with E-state index in [0.29, 0.717) is 33.6 Å². The van der Waals surface area contributed by atoms with Gasteiger partial charge in [0, 0.05) is 5.56 Å².